The van der Waals surface area contributed by atoms with Crippen molar-refractivity contribution < 1.29 is 0 Å². The number of nitrogens with zero attached hydrogens (tertiary/aromatic N) is 4. The van der Waals surface area contributed by atoms with Crippen molar-refractivity contribution in [1.82, 2.24) is 25.3 Å². The van der Waals surface area contributed by atoms with Gasteiger partial charge in [-0.3, -0.25) is 9.78 Å². The van der Waals surface area contributed by atoms with E-state index in [0.29, 0.717) is 18.8 Å². The summed E-state index contributed by atoms with van der Waals surface area (Å²) in [6.45, 7) is 0.704. The van der Waals surface area contributed by atoms with E-state index in [1.54, 1.807) is 22.2 Å². The van der Waals surface area contributed by atoms with Crippen molar-refractivity contribution in [2.24, 2.45) is 17.8 Å². The zero-order chi connectivity index (χ0) is 15.8. The number of aromatic amines is 1. The molecule has 4 rings (SSSR count). The first-order chi connectivity index (χ1) is 11.2. The largest absolute Gasteiger partial charge is 0.387 e. The molecule has 0 fully saturated rings. The smallest absolute Gasteiger partial charge is 0.102 e. The van der Waals surface area contributed by atoms with Gasteiger partial charge in [-0.15, -0.1) is 11.3 Å². The quantitative estimate of drug-likeness (QED) is 0.683. The molecule has 3 aromatic rings. The molecule has 7 nitrogen and oxygen atoms in total. The van der Waals surface area contributed by atoms with Gasteiger partial charge in [0.15, 0.2) is 0 Å². The van der Waals surface area contributed by atoms with Gasteiger partial charge in [-0.1, -0.05) is 0 Å². The van der Waals surface area contributed by atoms with Gasteiger partial charge in [0.25, 0.3) is 0 Å². The molecule has 0 spiro atoms. The number of aryl methyl sites for hydroxylation is 1. The van der Waals surface area contributed by atoms with Crippen LogP contribution < -0.4 is 11.1 Å². The third-order valence-electron chi connectivity index (χ3n) is 3.80. The van der Waals surface area contributed by atoms with Crippen LogP contribution in [0.2, 0.25) is 0 Å². The Morgan fingerprint density at radius 3 is 3.13 bits per heavy atom. The van der Waals surface area contributed by atoms with Crippen molar-refractivity contribution in [3.05, 3.63) is 41.2 Å². The Kier molecular flexibility index (Phi) is 3.47. The molecule has 4 N–H and O–H groups in total. The predicted octanol–water partition coefficient (Wildman–Crippen LogP) is 2.09. The second kappa shape index (κ2) is 5.64. The Balaban J connectivity index is 1.59. The van der Waals surface area contributed by atoms with Crippen LogP contribution >= 0.6 is 11.3 Å². The third kappa shape index (κ3) is 2.78. The number of aromatic nitrogens is 4. The van der Waals surface area contributed by atoms with E-state index >= 15 is 0 Å². The van der Waals surface area contributed by atoms with Crippen molar-refractivity contribution >= 4 is 22.9 Å². The highest BCUT2D eigenvalue weighted by Crippen LogP contribution is 2.42. The number of hydrogen-bond donors (Lipinski definition) is 3. The number of nitrogens with one attached hydrogen (secondary N) is 2. The molecule has 0 saturated heterocycles. The second-order valence-corrected chi connectivity index (χ2v) is 6.64. The summed E-state index contributed by atoms with van der Waals surface area (Å²) in [6, 6.07) is 6.19. The summed E-state index contributed by atoms with van der Waals surface area (Å²) in [5.74, 6) is 0.657. The van der Waals surface area contributed by atoms with E-state index in [0.717, 1.165) is 22.0 Å². The average molecular weight is 327 g/mol. The van der Waals surface area contributed by atoms with Gasteiger partial charge < -0.3 is 11.1 Å². The Hall–Kier alpha value is -2.45. The van der Waals surface area contributed by atoms with E-state index < -0.39 is 0 Å². The van der Waals surface area contributed by atoms with Gasteiger partial charge in [-0.05, 0) is 18.2 Å². The van der Waals surface area contributed by atoms with Gasteiger partial charge in [0.1, 0.15) is 5.84 Å². The highest BCUT2D eigenvalue weighted by Gasteiger charge is 2.25. The maximum atomic E-state index is 6.02. The lowest BCUT2D eigenvalue weighted by Crippen LogP contribution is -2.28. The standard InChI is InChI=1S/C15H17N7S/c1-22-5-3-9(21-22)8-17-11-7-14(16)19-12-6-13(23-15(11)12)10-2-4-18-20-10/h2-6,11,17H,7-8H2,1H3,(H2,16,19)(H,18,20). The maximum Gasteiger partial charge on any atom is 0.102 e. The zero-order valence-electron chi connectivity index (χ0n) is 12.7. The second-order valence-electron chi connectivity index (χ2n) is 5.55. The molecule has 3 aromatic heterocycles. The van der Waals surface area contributed by atoms with Gasteiger partial charge in [0.2, 0.25) is 0 Å². The number of nitrogens with two attached hydrogens (primary N) is 1. The van der Waals surface area contributed by atoms with E-state index in [4.69, 9.17) is 5.73 Å². The summed E-state index contributed by atoms with van der Waals surface area (Å²) < 4.78 is 1.81. The summed E-state index contributed by atoms with van der Waals surface area (Å²) in [7, 11) is 1.92. The number of thiophene rings is 1. The molecule has 0 amide bonds. The van der Waals surface area contributed by atoms with Crippen LogP contribution in [0, 0.1) is 0 Å². The fraction of sp³-hybridized carbons (Fsp3) is 0.267. The van der Waals surface area contributed by atoms with Gasteiger partial charge in [0.05, 0.1) is 28.0 Å². The zero-order valence-corrected chi connectivity index (χ0v) is 13.5. The molecule has 0 aromatic carbocycles. The summed E-state index contributed by atoms with van der Waals surface area (Å²) in [5.41, 5.74) is 8.98. The van der Waals surface area contributed by atoms with Crippen LogP contribution in [0.4, 0.5) is 5.69 Å². The monoisotopic (exact) mass is 327 g/mol. The molecule has 0 aliphatic carbocycles. The average Bonchev–Trinajstić information content (AvgIpc) is 3.24. The van der Waals surface area contributed by atoms with E-state index in [9.17, 15) is 0 Å². The minimum Gasteiger partial charge on any atom is -0.387 e. The van der Waals surface area contributed by atoms with Crippen molar-refractivity contribution in [2.45, 2.75) is 19.0 Å². The van der Waals surface area contributed by atoms with Crippen LogP contribution in [0.15, 0.2) is 35.6 Å². The molecule has 8 heteroatoms. The Bertz CT molecular complexity index is 843. The van der Waals surface area contributed by atoms with Crippen molar-refractivity contribution in [3.63, 3.8) is 0 Å². The number of amidine groups is 1. The van der Waals surface area contributed by atoms with Gasteiger partial charge in [-0.2, -0.15) is 10.2 Å². The SMILES string of the molecule is Cn1ccc(CNC2CC(N)=Nc3cc(-c4ccn[nH]4)sc32)n1. The number of H-pyrrole nitrogens is 1. The summed E-state index contributed by atoms with van der Waals surface area (Å²) >= 11 is 1.72. The van der Waals surface area contributed by atoms with E-state index in [2.05, 4.69) is 31.7 Å². The van der Waals surface area contributed by atoms with Gasteiger partial charge in [-0.25, -0.2) is 4.99 Å². The lowest BCUT2D eigenvalue weighted by molar-refractivity contribution is 0.541. The van der Waals surface area contributed by atoms with Crippen LogP contribution in [0.25, 0.3) is 10.6 Å². The molecule has 0 bridgehead atoms. The molecule has 1 aliphatic rings. The Morgan fingerprint density at radius 1 is 1.48 bits per heavy atom. The maximum absolute atomic E-state index is 6.02. The van der Waals surface area contributed by atoms with Crippen molar-refractivity contribution in [1.29, 1.82) is 0 Å². The summed E-state index contributed by atoms with van der Waals surface area (Å²) in [5, 5.41) is 15.0. The molecule has 1 unspecified atom stereocenters. The lowest BCUT2D eigenvalue weighted by Gasteiger charge is -2.21. The summed E-state index contributed by atoms with van der Waals surface area (Å²) in [4.78, 5) is 6.83. The van der Waals surface area contributed by atoms with Crippen molar-refractivity contribution in [3.8, 4) is 10.6 Å². The molecule has 1 aliphatic heterocycles. The number of fused-ring (bicyclic) bond motifs is 1. The fourth-order valence-corrected chi connectivity index (χ4v) is 3.86. The van der Waals surface area contributed by atoms with Gasteiger partial charge in [0, 0.05) is 37.3 Å². The highest BCUT2D eigenvalue weighted by atomic mass is 32.1. The topological polar surface area (TPSA) is 96.9 Å². The third-order valence-corrected chi connectivity index (χ3v) is 5.07. The number of rotatable bonds is 4. The number of aliphatic imine (C=N–C) groups is 1. The van der Waals surface area contributed by atoms with Gasteiger partial charge >= 0.3 is 0 Å². The van der Waals surface area contributed by atoms with Crippen LogP contribution in [0.3, 0.4) is 0 Å². The van der Waals surface area contributed by atoms with E-state index in [1.807, 2.05) is 25.4 Å². The first-order valence-corrected chi connectivity index (χ1v) is 8.19. The van der Waals surface area contributed by atoms with E-state index in [-0.39, 0.29) is 6.04 Å². The molecule has 4 heterocycles. The Morgan fingerprint density at radius 2 is 2.39 bits per heavy atom. The Labute approximate surface area is 137 Å². The minimum absolute atomic E-state index is 0.158. The van der Waals surface area contributed by atoms with Crippen LogP contribution in [-0.4, -0.2) is 25.8 Å². The molecular weight excluding hydrogens is 310 g/mol. The first-order valence-electron chi connectivity index (χ1n) is 7.37. The number of hydrogen-bond acceptors (Lipinski definition) is 6. The lowest BCUT2D eigenvalue weighted by atomic mass is 10.1. The molecular formula is C15H17N7S. The predicted molar refractivity (Wildman–Crippen MR) is 90.6 cm³/mol. The fourth-order valence-electron chi connectivity index (χ4n) is 2.71. The summed E-state index contributed by atoms with van der Waals surface area (Å²) in [6.07, 6.45) is 4.41. The highest BCUT2D eigenvalue weighted by molar-refractivity contribution is 7.16. The van der Waals surface area contributed by atoms with E-state index in [1.165, 1.54) is 4.88 Å². The van der Waals surface area contributed by atoms with Crippen LogP contribution in [-0.2, 0) is 13.6 Å². The minimum atomic E-state index is 0.158. The van der Waals surface area contributed by atoms with Crippen LogP contribution in [0.5, 0.6) is 0 Å². The molecule has 23 heavy (non-hydrogen) atoms. The normalized spacial score (nSPS) is 17.1. The molecule has 0 radical (unpaired) electrons. The molecule has 118 valence electrons. The van der Waals surface area contributed by atoms with Crippen LogP contribution in [0.1, 0.15) is 23.0 Å². The van der Waals surface area contributed by atoms with Crippen molar-refractivity contribution in [2.75, 3.05) is 0 Å². The molecule has 1 atom stereocenters. The first kappa shape index (κ1) is 14.2. The molecule has 0 saturated carbocycles.